The first-order chi connectivity index (χ1) is 16.3. The van der Waals surface area contributed by atoms with E-state index in [1.54, 1.807) is 22.5 Å². The highest BCUT2D eigenvalue weighted by Gasteiger charge is 2.32. The van der Waals surface area contributed by atoms with Crippen molar-refractivity contribution in [3.63, 3.8) is 0 Å². The zero-order valence-corrected chi connectivity index (χ0v) is 20.6. The Balaban J connectivity index is 1.32. The molecule has 1 amide bonds. The number of sulfonamides is 1. The molecule has 2 aromatic carbocycles. The minimum Gasteiger partial charge on any atom is -0.342 e. The number of carbonyl (C=O) groups is 1. The van der Waals surface area contributed by atoms with Crippen LogP contribution in [0.4, 0.5) is 0 Å². The fourth-order valence-corrected chi connectivity index (χ4v) is 6.97. The van der Waals surface area contributed by atoms with E-state index in [1.165, 1.54) is 0 Å². The first-order valence-corrected chi connectivity index (χ1v) is 13.6. The monoisotopic (exact) mass is 480 g/mol. The lowest BCUT2D eigenvalue weighted by molar-refractivity contribution is 0.0710. The van der Waals surface area contributed by atoms with E-state index >= 15 is 0 Å². The number of nitrogens with one attached hydrogen (secondary N) is 1. The van der Waals surface area contributed by atoms with Crippen molar-refractivity contribution in [1.29, 1.82) is 0 Å². The first kappa shape index (κ1) is 23.1. The van der Waals surface area contributed by atoms with Crippen molar-refractivity contribution in [3.05, 3.63) is 59.4 Å². The van der Waals surface area contributed by atoms with Gasteiger partial charge in [0.1, 0.15) is 5.82 Å². The standard InChI is InChI=1S/C26H32N4O3S/c1-18-10-11-21(34(32,33)30-14-6-5-7-19(30)2)17-22(18)26(31)29-15-12-20(13-16-29)25-27-23-8-3-4-9-24(23)28-25/h3-4,8-11,17,19-20H,5-7,12-16H2,1-2H3,(H,27,28). The Bertz CT molecular complexity index is 1280. The number of nitrogens with zero attached hydrogens (tertiary/aromatic N) is 3. The van der Waals surface area contributed by atoms with Gasteiger partial charge in [0.2, 0.25) is 10.0 Å². The summed E-state index contributed by atoms with van der Waals surface area (Å²) in [7, 11) is -3.62. The fourth-order valence-electron chi connectivity index (χ4n) is 5.25. The number of aromatic amines is 1. The number of hydrogen-bond donors (Lipinski definition) is 1. The van der Waals surface area contributed by atoms with Gasteiger partial charge in [-0.05, 0) is 69.4 Å². The maximum atomic E-state index is 13.4. The average Bonchev–Trinajstić information content (AvgIpc) is 3.28. The Hall–Kier alpha value is -2.71. The number of imidazole rings is 1. The van der Waals surface area contributed by atoms with Gasteiger partial charge in [0, 0.05) is 37.2 Å². The van der Waals surface area contributed by atoms with Crippen LogP contribution in [-0.2, 0) is 10.0 Å². The van der Waals surface area contributed by atoms with Crippen LogP contribution in [0.2, 0.25) is 0 Å². The Morgan fingerprint density at radius 1 is 1.03 bits per heavy atom. The summed E-state index contributed by atoms with van der Waals surface area (Å²) in [5, 5.41) is 0. The lowest BCUT2D eigenvalue weighted by atomic mass is 9.95. The Kier molecular flexibility index (Phi) is 6.20. The van der Waals surface area contributed by atoms with E-state index in [0.717, 1.165) is 54.5 Å². The van der Waals surface area contributed by atoms with Crippen LogP contribution in [-0.4, -0.2) is 59.2 Å². The van der Waals surface area contributed by atoms with Gasteiger partial charge in [-0.15, -0.1) is 0 Å². The van der Waals surface area contributed by atoms with Gasteiger partial charge in [-0.25, -0.2) is 13.4 Å². The van der Waals surface area contributed by atoms with Crippen molar-refractivity contribution in [1.82, 2.24) is 19.2 Å². The zero-order valence-electron chi connectivity index (χ0n) is 19.8. The lowest BCUT2D eigenvalue weighted by Crippen LogP contribution is -2.42. The molecule has 2 saturated heterocycles. The topological polar surface area (TPSA) is 86.4 Å². The van der Waals surface area contributed by atoms with Crippen molar-refractivity contribution < 1.29 is 13.2 Å². The maximum absolute atomic E-state index is 13.4. The molecule has 1 atom stereocenters. The summed E-state index contributed by atoms with van der Waals surface area (Å²) in [6.07, 6.45) is 4.45. The van der Waals surface area contributed by atoms with Gasteiger partial charge in [-0.2, -0.15) is 4.31 Å². The molecule has 0 aliphatic carbocycles. The third-order valence-electron chi connectivity index (χ3n) is 7.36. The molecule has 0 saturated carbocycles. The first-order valence-electron chi connectivity index (χ1n) is 12.2. The van der Waals surface area contributed by atoms with Crippen LogP contribution in [0.5, 0.6) is 0 Å². The van der Waals surface area contributed by atoms with E-state index in [9.17, 15) is 13.2 Å². The number of piperidine rings is 2. The van der Waals surface area contributed by atoms with Crippen LogP contribution in [0, 0.1) is 6.92 Å². The molecule has 7 nitrogen and oxygen atoms in total. The number of benzene rings is 2. The summed E-state index contributed by atoms with van der Waals surface area (Å²) in [6.45, 7) is 5.62. The average molecular weight is 481 g/mol. The molecule has 34 heavy (non-hydrogen) atoms. The van der Waals surface area contributed by atoms with E-state index in [4.69, 9.17) is 4.98 Å². The summed E-state index contributed by atoms with van der Waals surface area (Å²) in [4.78, 5) is 23.6. The summed E-state index contributed by atoms with van der Waals surface area (Å²) in [5.74, 6) is 1.17. The predicted molar refractivity (Wildman–Crippen MR) is 132 cm³/mol. The van der Waals surface area contributed by atoms with Crippen molar-refractivity contribution in [3.8, 4) is 0 Å². The van der Waals surface area contributed by atoms with E-state index in [-0.39, 0.29) is 22.8 Å². The quantitative estimate of drug-likeness (QED) is 0.598. The molecule has 2 fully saturated rings. The van der Waals surface area contributed by atoms with Gasteiger partial charge in [0.15, 0.2) is 0 Å². The van der Waals surface area contributed by atoms with Gasteiger partial charge in [-0.1, -0.05) is 24.6 Å². The number of H-pyrrole nitrogens is 1. The lowest BCUT2D eigenvalue weighted by Gasteiger charge is -2.33. The molecule has 5 rings (SSSR count). The van der Waals surface area contributed by atoms with Crippen molar-refractivity contribution in [2.24, 2.45) is 0 Å². The van der Waals surface area contributed by atoms with E-state index < -0.39 is 10.0 Å². The number of rotatable bonds is 4. The van der Waals surface area contributed by atoms with Crippen LogP contribution in [0.3, 0.4) is 0 Å². The van der Waals surface area contributed by atoms with Crippen LogP contribution >= 0.6 is 0 Å². The molecular weight excluding hydrogens is 448 g/mol. The predicted octanol–water partition coefficient (Wildman–Crippen LogP) is 4.45. The highest BCUT2D eigenvalue weighted by atomic mass is 32.2. The van der Waals surface area contributed by atoms with Gasteiger partial charge < -0.3 is 9.88 Å². The Morgan fingerprint density at radius 3 is 2.53 bits per heavy atom. The second-order valence-corrected chi connectivity index (χ2v) is 11.5. The molecule has 1 aromatic heterocycles. The van der Waals surface area contributed by atoms with E-state index in [2.05, 4.69) is 4.98 Å². The molecule has 0 radical (unpaired) electrons. The Labute approximate surface area is 201 Å². The molecule has 0 bridgehead atoms. The van der Waals surface area contributed by atoms with E-state index in [0.29, 0.717) is 25.2 Å². The smallest absolute Gasteiger partial charge is 0.254 e. The number of hydrogen-bond acceptors (Lipinski definition) is 4. The second kappa shape index (κ2) is 9.15. The van der Waals surface area contributed by atoms with Crippen LogP contribution in [0.15, 0.2) is 47.4 Å². The zero-order chi connectivity index (χ0) is 23.9. The number of carbonyl (C=O) groups excluding carboxylic acids is 1. The summed E-state index contributed by atoms with van der Waals surface area (Å²) >= 11 is 0. The Morgan fingerprint density at radius 2 is 1.79 bits per heavy atom. The number of fused-ring (bicyclic) bond motifs is 1. The number of aromatic nitrogens is 2. The van der Waals surface area contributed by atoms with Gasteiger partial charge in [-0.3, -0.25) is 4.79 Å². The maximum Gasteiger partial charge on any atom is 0.254 e. The third-order valence-corrected chi connectivity index (χ3v) is 9.37. The van der Waals surface area contributed by atoms with Crippen LogP contribution in [0.1, 0.15) is 66.7 Å². The van der Waals surface area contributed by atoms with Crippen molar-refractivity contribution in [2.45, 2.75) is 62.8 Å². The largest absolute Gasteiger partial charge is 0.342 e. The van der Waals surface area contributed by atoms with Crippen molar-refractivity contribution in [2.75, 3.05) is 19.6 Å². The van der Waals surface area contributed by atoms with Crippen LogP contribution < -0.4 is 0 Å². The minimum atomic E-state index is -3.62. The number of amides is 1. The highest BCUT2D eigenvalue weighted by molar-refractivity contribution is 7.89. The minimum absolute atomic E-state index is 0.0171. The SMILES string of the molecule is Cc1ccc(S(=O)(=O)N2CCCCC2C)cc1C(=O)N1CCC(c2nc3ccccc3[nH]2)CC1. The van der Waals surface area contributed by atoms with E-state index in [1.807, 2.05) is 43.0 Å². The molecule has 1 unspecified atom stereocenters. The molecule has 3 heterocycles. The molecule has 2 aliphatic rings. The highest BCUT2D eigenvalue weighted by Crippen LogP contribution is 2.30. The fraction of sp³-hybridized carbons (Fsp3) is 0.462. The molecule has 2 aliphatic heterocycles. The van der Waals surface area contributed by atoms with Crippen LogP contribution in [0.25, 0.3) is 11.0 Å². The van der Waals surface area contributed by atoms with Gasteiger partial charge in [0.25, 0.3) is 5.91 Å². The molecule has 1 N–H and O–H groups in total. The number of para-hydroxylation sites is 2. The molecule has 180 valence electrons. The molecule has 0 spiro atoms. The summed E-state index contributed by atoms with van der Waals surface area (Å²) in [5.41, 5.74) is 3.28. The summed E-state index contributed by atoms with van der Waals surface area (Å²) in [6, 6.07) is 13.0. The normalized spacial score (nSPS) is 20.6. The van der Waals surface area contributed by atoms with Gasteiger partial charge >= 0.3 is 0 Å². The molecule has 3 aromatic rings. The molecule has 8 heteroatoms. The third kappa shape index (κ3) is 4.25. The number of likely N-dealkylation sites (tertiary alicyclic amines) is 1. The molecular formula is C26H32N4O3S. The van der Waals surface area contributed by atoms with Gasteiger partial charge in [0.05, 0.1) is 15.9 Å². The van der Waals surface area contributed by atoms with Crippen molar-refractivity contribution >= 4 is 27.0 Å². The second-order valence-electron chi connectivity index (χ2n) is 9.64. The number of aryl methyl sites for hydroxylation is 1. The summed E-state index contributed by atoms with van der Waals surface area (Å²) < 4.78 is 28.2.